The van der Waals surface area contributed by atoms with Crippen LogP contribution < -0.4 is 10.1 Å². The van der Waals surface area contributed by atoms with Crippen LogP contribution in [-0.2, 0) is 9.59 Å². The molecule has 1 amide bonds. The van der Waals surface area contributed by atoms with E-state index in [-0.39, 0.29) is 18.7 Å². The summed E-state index contributed by atoms with van der Waals surface area (Å²) in [4.78, 5) is 22.3. The average molecular weight is 299 g/mol. The number of anilines is 1. The van der Waals surface area contributed by atoms with E-state index < -0.39 is 5.97 Å². The molecule has 2 rings (SSSR count). The Bertz CT molecular complexity index is 640. The van der Waals surface area contributed by atoms with E-state index in [9.17, 15) is 9.59 Å². The minimum absolute atomic E-state index is 0.0183. The second-order valence-electron chi connectivity index (χ2n) is 4.71. The van der Waals surface area contributed by atoms with Crippen molar-refractivity contribution in [2.24, 2.45) is 0 Å². The summed E-state index contributed by atoms with van der Waals surface area (Å²) in [5.41, 5.74) is 0.562. The van der Waals surface area contributed by atoms with Gasteiger partial charge in [0.25, 0.3) is 0 Å². The first-order valence-electron chi connectivity index (χ1n) is 6.99. The molecule has 0 aliphatic heterocycles. The molecule has 0 fully saturated rings. The number of amides is 1. The molecule has 0 heterocycles. The lowest BCUT2D eigenvalue weighted by molar-refractivity contribution is -0.137. The minimum Gasteiger partial charge on any atom is -0.481 e. The highest BCUT2D eigenvalue weighted by atomic mass is 16.5. The van der Waals surface area contributed by atoms with Gasteiger partial charge in [-0.1, -0.05) is 30.3 Å². The summed E-state index contributed by atoms with van der Waals surface area (Å²) < 4.78 is 5.74. The first-order valence-corrected chi connectivity index (χ1v) is 6.99. The van der Waals surface area contributed by atoms with E-state index >= 15 is 0 Å². The van der Waals surface area contributed by atoms with Crippen LogP contribution in [0.4, 0.5) is 5.69 Å². The normalized spacial score (nSPS) is 10.0. The molecule has 0 aromatic heterocycles. The van der Waals surface area contributed by atoms with Crippen LogP contribution >= 0.6 is 0 Å². The molecule has 5 heteroatoms. The van der Waals surface area contributed by atoms with E-state index in [0.717, 1.165) is 0 Å². The summed E-state index contributed by atoms with van der Waals surface area (Å²) in [5, 5.41) is 11.3. The molecular formula is C17H17NO4. The highest BCUT2D eigenvalue weighted by Crippen LogP contribution is 2.29. The van der Waals surface area contributed by atoms with Crippen LogP contribution in [0.25, 0.3) is 0 Å². The topological polar surface area (TPSA) is 75.6 Å². The molecule has 22 heavy (non-hydrogen) atoms. The van der Waals surface area contributed by atoms with Crippen molar-refractivity contribution in [2.75, 3.05) is 5.32 Å². The third-order valence-electron chi connectivity index (χ3n) is 2.93. The Hall–Kier alpha value is -2.82. The third-order valence-corrected chi connectivity index (χ3v) is 2.93. The van der Waals surface area contributed by atoms with Gasteiger partial charge in [-0.3, -0.25) is 9.59 Å². The Labute approximate surface area is 128 Å². The fraction of sp³-hybridized carbons (Fsp3) is 0.176. The SMILES string of the molecule is O=C(O)CCCC(=O)Nc1ccccc1Oc1ccccc1. The van der Waals surface area contributed by atoms with E-state index in [4.69, 9.17) is 9.84 Å². The van der Waals surface area contributed by atoms with Gasteiger partial charge in [-0.25, -0.2) is 0 Å². The van der Waals surface area contributed by atoms with Crippen molar-refractivity contribution in [3.8, 4) is 11.5 Å². The lowest BCUT2D eigenvalue weighted by Gasteiger charge is -2.12. The highest BCUT2D eigenvalue weighted by Gasteiger charge is 2.09. The van der Waals surface area contributed by atoms with Crippen molar-refractivity contribution in [1.29, 1.82) is 0 Å². The Morgan fingerprint density at radius 1 is 0.955 bits per heavy atom. The van der Waals surface area contributed by atoms with Gasteiger partial charge in [0.05, 0.1) is 5.69 Å². The number of benzene rings is 2. The number of carbonyl (C=O) groups excluding carboxylic acids is 1. The molecule has 2 aromatic rings. The number of rotatable bonds is 7. The van der Waals surface area contributed by atoms with E-state index in [2.05, 4.69) is 5.32 Å². The van der Waals surface area contributed by atoms with E-state index in [1.807, 2.05) is 36.4 Å². The number of hydrogen-bond acceptors (Lipinski definition) is 3. The molecular weight excluding hydrogens is 282 g/mol. The molecule has 2 N–H and O–H groups in total. The number of nitrogens with one attached hydrogen (secondary N) is 1. The van der Waals surface area contributed by atoms with Crippen LogP contribution in [0.15, 0.2) is 54.6 Å². The zero-order valence-electron chi connectivity index (χ0n) is 12.0. The maximum atomic E-state index is 11.8. The van der Waals surface area contributed by atoms with Crippen LogP contribution in [-0.4, -0.2) is 17.0 Å². The summed E-state index contributed by atoms with van der Waals surface area (Å²) in [6.07, 6.45) is 0.449. The number of carbonyl (C=O) groups is 2. The summed E-state index contributed by atoms with van der Waals surface area (Å²) >= 11 is 0. The number of ether oxygens (including phenoxy) is 1. The number of aliphatic carboxylic acids is 1. The van der Waals surface area contributed by atoms with Crippen molar-refractivity contribution in [3.63, 3.8) is 0 Å². The second-order valence-corrected chi connectivity index (χ2v) is 4.71. The second kappa shape index (κ2) is 7.83. The smallest absolute Gasteiger partial charge is 0.303 e. The van der Waals surface area contributed by atoms with Gasteiger partial charge in [0.15, 0.2) is 5.75 Å². The Morgan fingerprint density at radius 3 is 2.36 bits per heavy atom. The molecule has 0 radical (unpaired) electrons. The fourth-order valence-corrected chi connectivity index (χ4v) is 1.89. The van der Waals surface area contributed by atoms with E-state index in [1.54, 1.807) is 18.2 Å². The first-order chi connectivity index (χ1) is 10.6. The Kier molecular flexibility index (Phi) is 5.54. The monoisotopic (exact) mass is 299 g/mol. The summed E-state index contributed by atoms with van der Waals surface area (Å²) in [7, 11) is 0. The molecule has 0 aliphatic carbocycles. The number of carboxylic acids is 1. The predicted octanol–water partition coefficient (Wildman–Crippen LogP) is 3.67. The number of hydrogen-bond donors (Lipinski definition) is 2. The molecule has 0 bridgehead atoms. The Morgan fingerprint density at radius 2 is 1.64 bits per heavy atom. The summed E-state index contributed by atoms with van der Waals surface area (Å²) in [6, 6.07) is 16.4. The predicted molar refractivity (Wildman–Crippen MR) is 83.1 cm³/mol. The lowest BCUT2D eigenvalue weighted by Crippen LogP contribution is -2.12. The molecule has 0 unspecified atom stereocenters. The lowest BCUT2D eigenvalue weighted by atomic mass is 10.2. The van der Waals surface area contributed by atoms with Gasteiger partial charge < -0.3 is 15.2 Å². The quantitative estimate of drug-likeness (QED) is 0.818. The van der Waals surface area contributed by atoms with Crippen LogP contribution in [0.5, 0.6) is 11.5 Å². The van der Waals surface area contributed by atoms with Crippen LogP contribution in [0.2, 0.25) is 0 Å². The average Bonchev–Trinajstić information content (AvgIpc) is 2.50. The first kappa shape index (κ1) is 15.6. The molecule has 2 aromatic carbocycles. The van der Waals surface area contributed by atoms with Gasteiger partial charge >= 0.3 is 5.97 Å². The van der Waals surface area contributed by atoms with Gasteiger partial charge in [-0.05, 0) is 30.7 Å². The highest BCUT2D eigenvalue weighted by molar-refractivity contribution is 5.92. The van der Waals surface area contributed by atoms with E-state index in [1.165, 1.54) is 0 Å². The molecule has 0 saturated carbocycles. The summed E-state index contributed by atoms with van der Waals surface area (Å²) in [5.74, 6) is 0.0846. The van der Waals surface area contributed by atoms with Gasteiger partial charge in [0.2, 0.25) is 5.91 Å². The number of para-hydroxylation sites is 3. The molecule has 0 aliphatic rings. The standard InChI is InChI=1S/C17H17NO4/c19-16(11-6-12-17(20)21)18-14-9-4-5-10-15(14)22-13-7-2-1-3-8-13/h1-5,7-10H,6,11-12H2,(H,18,19)(H,20,21). The largest absolute Gasteiger partial charge is 0.481 e. The molecule has 0 atom stereocenters. The van der Waals surface area contributed by atoms with Gasteiger partial charge in [-0.15, -0.1) is 0 Å². The zero-order chi connectivity index (χ0) is 15.8. The van der Waals surface area contributed by atoms with E-state index in [0.29, 0.717) is 23.6 Å². The zero-order valence-corrected chi connectivity index (χ0v) is 12.0. The van der Waals surface area contributed by atoms with Crippen molar-refractivity contribution < 1.29 is 19.4 Å². The molecule has 0 saturated heterocycles. The van der Waals surface area contributed by atoms with Crippen LogP contribution in [0.3, 0.4) is 0 Å². The maximum Gasteiger partial charge on any atom is 0.303 e. The van der Waals surface area contributed by atoms with Gasteiger partial charge in [0, 0.05) is 12.8 Å². The van der Waals surface area contributed by atoms with Crippen molar-refractivity contribution in [2.45, 2.75) is 19.3 Å². The van der Waals surface area contributed by atoms with Crippen LogP contribution in [0, 0.1) is 0 Å². The fourth-order valence-electron chi connectivity index (χ4n) is 1.89. The maximum absolute atomic E-state index is 11.8. The summed E-state index contributed by atoms with van der Waals surface area (Å²) in [6.45, 7) is 0. The number of carboxylic acid groups (broad SMARTS) is 1. The minimum atomic E-state index is -0.902. The van der Waals surface area contributed by atoms with Crippen molar-refractivity contribution >= 4 is 17.6 Å². The van der Waals surface area contributed by atoms with Crippen LogP contribution in [0.1, 0.15) is 19.3 Å². The Balaban J connectivity index is 1.99. The molecule has 5 nitrogen and oxygen atoms in total. The van der Waals surface area contributed by atoms with Gasteiger partial charge in [-0.2, -0.15) is 0 Å². The van der Waals surface area contributed by atoms with Gasteiger partial charge in [0.1, 0.15) is 5.75 Å². The third kappa shape index (κ3) is 4.94. The molecule has 114 valence electrons. The van der Waals surface area contributed by atoms with Crippen molar-refractivity contribution in [1.82, 2.24) is 0 Å². The van der Waals surface area contributed by atoms with Crippen molar-refractivity contribution in [3.05, 3.63) is 54.6 Å². The molecule has 0 spiro atoms.